The third-order valence-corrected chi connectivity index (χ3v) is 3.64. The molecule has 0 saturated carbocycles. The Hall–Kier alpha value is -0.910. The number of ether oxygens (including phenoxy) is 1. The molecule has 0 saturated heterocycles. The number of rotatable bonds is 4. The molecular weight excluding hydrogens is 246 g/mol. The van der Waals surface area contributed by atoms with E-state index in [1.165, 1.54) is 0 Å². The van der Waals surface area contributed by atoms with Gasteiger partial charge < -0.3 is 4.74 Å². The fraction of sp³-hybridized carbons (Fsp3) is 0.400. The molecule has 86 valence electrons. The van der Waals surface area contributed by atoms with Crippen LogP contribution in [0.5, 0.6) is 0 Å². The molecule has 0 atom stereocenters. The molecular formula is C10H12ClN3OS. The SMILES string of the molecule is COCCn1cc(-c2nc(Cl)c(C)s2)cn1. The largest absolute Gasteiger partial charge is 0.383 e. The number of nitrogens with zero attached hydrogens (tertiary/aromatic N) is 3. The zero-order chi connectivity index (χ0) is 11.5. The van der Waals surface area contributed by atoms with Crippen molar-refractivity contribution in [2.75, 3.05) is 13.7 Å². The van der Waals surface area contributed by atoms with E-state index in [0.29, 0.717) is 11.8 Å². The van der Waals surface area contributed by atoms with Crippen LogP contribution >= 0.6 is 22.9 Å². The van der Waals surface area contributed by atoms with Crippen LogP contribution in [0.2, 0.25) is 5.15 Å². The molecule has 16 heavy (non-hydrogen) atoms. The van der Waals surface area contributed by atoms with Gasteiger partial charge >= 0.3 is 0 Å². The van der Waals surface area contributed by atoms with Crippen molar-refractivity contribution in [3.63, 3.8) is 0 Å². The molecule has 0 fully saturated rings. The third-order valence-electron chi connectivity index (χ3n) is 2.14. The molecule has 0 aliphatic carbocycles. The molecule has 0 unspecified atom stereocenters. The van der Waals surface area contributed by atoms with Crippen LogP contribution in [0.1, 0.15) is 4.88 Å². The lowest BCUT2D eigenvalue weighted by Gasteiger charge is -1.97. The van der Waals surface area contributed by atoms with Crippen LogP contribution in [0, 0.1) is 6.92 Å². The Kier molecular flexibility index (Phi) is 3.58. The van der Waals surface area contributed by atoms with E-state index in [2.05, 4.69) is 10.1 Å². The standard InChI is InChI=1S/C10H12ClN3OS/c1-7-9(11)13-10(16-7)8-5-12-14(6-8)3-4-15-2/h5-6H,3-4H2,1-2H3. The minimum atomic E-state index is 0.574. The van der Waals surface area contributed by atoms with Crippen LogP contribution in [0.25, 0.3) is 10.6 Å². The molecule has 0 bridgehead atoms. The minimum Gasteiger partial charge on any atom is -0.383 e. The van der Waals surface area contributed by atoms with Crippen molar-refractivity contribution in [1.29, 1.82) is 0 Å². The highest BCUT2D eigenvalue weighted by Gasteiger charge is 2.09. The predicted molar refractivity (Wildman–Crippen MR) is 65.0 cm³/mol. The van der Waals surface area contributed by atoms with Gasteiger partial charge in [0.1, 0.15) is 10.2 Å². The second kappa shape index (κ2) is 4.95. The van der Waals surface area contributed by atoms with Gasteiger partial charge in [0.2, 0.25) is 0 Å². The van der Waals surface area contributed by atoms with Gasteiger partial charge in [0.25, 0.3) is 0 Å². The molecule has 2 aromatic rings. The molecule has 2 aromatic heterocycles. The summed E-state index contributed by atoms with van der Waals surface area (Å²) in [4.78, 5) is 5.30. The molecule has 2 rings (SSSR count). The van der Waals surface area contributed by atoms with Crippen molar-refractivity contribution in [2.45, 2.75) is 13.5 Å². The summed E-state index contributed by atoms with van der Waals surface area (Å²) in [6, 6.07) is 0. The molecule has 0 aliphatic heterocycles. The van der Waals surface area contributed by atoms with E-state index < -0.39 is 0 Å². The first-order valence-electron chi connectivity index (χ1n) is 4.85. The van der Waals surface area contributed by atoms with Crippen molar-refractivity contribution in [3.05, 3.63) is 22.4 Å². The predicted octanol–water partition coefficient (Wildman–Crippen LogP) is 2.61. The van der Waals surface area contributed by atoms with Gasteiger partial charge in [-0.3, -0.25) is 4.68 Å². The Balaban J connectivity index is 2.18. The number of halogens is 1. The number of aromatic nitrogens is 3. The molecule has 0 amide bonds. The van der Waals surface area contributed by atoms with Gasteiger partial charge in [0, 0.05) is 23.7 Å². The second-order valence-electron chi connectivity index (χ2n) is 3.35. The second-order valence-corrected chi connectivity index (χ2v) is 4.91. The quantitative estimate of drug-likeness (QED) is 0.845. The fourth-order valence-electron chi connectivity index (χ4n) is 1.28. The Morgan fingerprint density at radius 3 is 3.00 bits per heavy atom. The summed E-state index contributed by atoms with van der Waals surface area (Å²) in [7, 11) is 1.67. The highest BCUT2D eigenvalue weighted by atomic mass is 35.5. The van der Waals surface area contributed by atoms with E-state index in [4.69, 9.17) is 16.3 Å². The van der Waals surface area contributed by atoms with Crippen LogP contribution in [-0.4, -0.2) is 28.5 Å². The van der Waals surface area contributed by atoms with Crippen LogP contribution in [-0.2, 0) is 11.3 Å². The molecule has 0 radical (unpaired) electrons. The van der Waals surface area contributed by atoms with Crippen LogP contribution < -0.4 is 0 Å². The van der Waals surface area contributed by atoms with Gasteiger partial charge in [-0.15, -0.1) is 11.3 Å². The summed E-state index contributed by atoms with van der Waals surface area (Å²) in [6.45, 7) is 3.35. The highest BCUT2D eigenvalue weighted by molar-refractivity contribution is 7.15. The number of hydrogen-bond donors (Lipinski definition) is 0. The first kappa shape index (κ1) is 11.6. The van der Waals surface area contributed by atoms with E-state index in [1.807, 2.05) is 17.8 Å². The summed E-state index contributed by atoms with van der Waals surface area (Å²) in [6.07, 6.45) is 3.75. The maximum atomic E-state index is 5.92. The van der Waals surface area contributed by atoms with Crippen LogP contribution in [0.15, 0.2) is 12.4 Å². The number of hydrogen-bond acceptors (Lipinski definition) is 4. The van der Waals surface area contributed by atoms with Crippen molar-refractivity contribution in [3.8, 4) is 10.6 Å². The lowest BCUT2D eigenvalue weighted by molar-refractivity contribution is 0.183. The van der Waals surface area contributed by atoms with E-state index >= 15 is 0 Å². The molecule has 0 N–H and O–H groups in total. The first-order chi connectivity index (χ1) is 7.70. The average molecular weight is 258 g/mol. The van der Waals surface area contributed by atoms with E-state index in [1.54, 1.807) is 24.6 Å². The lowest BCUT2D eigenvalue weighted by atomic mass is 10.4. The molecule has 0 aliphatic rings. The van der Waals surface area contributed by atoms with Gasteiger partial charge in [-0.25, -0.2) is 4.98 Å². The van der Waals surface area contributed by atoms with Gasteiger partial charge in [0.05, 0.1) is 19.3 Å². The maximum absolute atomic E-state index is 5.92. The first-order valence-corrected chi connectivity index (χ1v) is 6.05. The summed E-state index contributed by atoms with van der Waals surface area (Å²) in [5.74, 6) is 0. The van der Waals surface area contributed by atoms with E-state index in [0.717, 1.165) is 22.0 Å². The maximum Gasteiger partial charge on any atom is 0.143 e. The molecule has 6 heteroatoms. The summed E-state index contributed by atoms with van der Waals surface area (Å²) in [5.41, 5.74) is 0.996. The Bertz CT molecular complexity index is 461. The van der Waals surface area contributed by atoms with Crippen molar-refractivity contribution in [1.82, 2.24) is 14.8 Å². The van der Waals surface area contributed by atoms with Crippen molar-refractivity contribution in [2.24, 2.45) is 0 Å². The summed E-state index contributed by atoms with van der Waals surface area (Å²) >= 11 is 7.50. The zero-order valence-electron chi connectivity index (χ0n) is 9.11. The topological polar surface area (TPSA) is 39.9 Å². The van der Waals surface area contributed by atoms with Crippen LogP contribution in [0.4, 0.5) is 0 Å². The average Bonchev–Trinajstić information content (AvgIpc) is 2.84. The van der Waals surface area contributed by atoms with Gasteiger partial charge in [-0.05, 0) is 6.92 Å². The van der Waals surface area contributed by atoms with Gasteiger partial charge in [0.15, 0.2) is 0 Å². The lowest BCUT2D eigenvalue weighted by Crippen LogP contribution is -2.03. The molecule has 0 aromatic carbocycles. The van der Waals surface area contributed by atoms with Gasteiger partial charge in [-0.2, -0.15) is 5.10 Å². The summed E-state index contributed by atoms with van der Waals surface area (Å²) in [5, 5.41) is 5.71. The monoisotopic (exact) mass is 257 g/mol. The van der Waals surface area contributed by atoms with Gasteiger partial charge in [-0.1, -0.05) is 11.6 Å². The fourth-order valence-corrected chi connectivity index (χ4v) is 2.31. The Morgan fingerprint density at radius 1 is 1.56 bits per heavy atom. The molecule has 2 heterocycles. The number of aryl methyl sites for hydroxylation is 1. The summed E-state index contributed by atoms with van der Waals surface area (Å²) < 4.78 is 6.83. The van der Waals surface area contributed by atoms with Crippen molar-refractivity contribution >= 4 is 22.9 Å². The van der Waals surface area contributed by atoms with E-state index in [-0.39, 0.29) is 0 Å². The third kappa shape index (κ3) is 2.42. The number of thiazole rings is 1. The van der Waals surface area contributed by atoms with Crippen molar-refractivity contribution < 1.29 is 4.74 Å². The zero-order valence-corrected chi connectivity index (χ0v) is 10.7. The normalized spacial score (nSPS) is 10.9. The highest BCUT2D eigenvalue weighted by Crippen LogP contribution is 2.29. The Labute approximate surface area is 103 Å². The minimum absolute atomic E-state index is 0.574. The molecule has 0 spiro atoms. The molecule has 4 nitrogen and oxygen atoms in total. The van der Waals surface area contributed by atoms with E-state index in [9.17, 15) is 0 Å². The van der Waals surface area contributed by atoms with Crippen LogP contribution in [0.3, 0.4) is 0 Å². The Morgan fingerprint density at radius 2 is 2.38 bits per heavy atom. The smallest absolute Gasteiger partial charge is 0.143 e. The number of methoxy groups -OCH3 is 1.